The number of nitrogens with one attached hydrogen (secondary N) is 1. The minimum Gasteiger partial charge on any atom is -0.377 e. The van der Waals surface area contributed by atoms with E-state index in [-0.39, 0.29) is 5.54 Å². The van der Waals surface area contributed by atoms with E-state index in [2.05, 4.69) is 62.2 Å². The molecule has 0 amide bonds. The molecule has 1 N–H and O–H groups in total. The first-order valence-electron chi connectivity index (χ1n) is 8.29. The zero-order chi connectivity index (χ0) is 15.3. The van der Waals surface area contributed by atoms with Gasteiger partial charge < -0.3 is 15.0 Å². The smallest absolute Gasteiger partial charge is 0.0645 e. The normalized spacial score (nSPS) is 17.7. The summed E-state index contributed by atoms with van der Waals surface area (Å²) >= 11 is 0. The highest BCUT2D eigenvalue weighted by atomic mass is 16.5. The average molecular weight is 290 g/mol. The summed E-state index contributed by atoms with van der Waals surface area (Å²) in [6, 6.07) is 8.75. The van der Waals surface area contributed by atoms with Gasteiger partial charge in [0.1, 0.15) is 0 Å². The topological polar surface area (TPSA) is 24.5 Å². The van der Waals surface area contributed by atoms with Crippen molar-refractivity contribution in [3.05, 3.63) is 29.8 Å². The second-order valence-corrected chi connectivity index (χ2v) is 6.31. The van der Waals surface area contributed by atoms with E-state index >= 15 is 0 Å². The van der Waals surface area contributed by atoms with Crippen LogP contribution < -0.4 is 10.2 Å². The van der Waals surface area contributed by atoms with Gasteiger partial charge in [0.2, 0.25) is 0 Å². The van der Waals surface area contributed by atoms with Crippen LogP contribution in [0, 0.1) is 0 Å². The molecular formula is C18H30N2O. The number of fused-ring (bicyclic) bond motifs is 1. The summed E-state index contributed by atoms with van der Waals surface area (Å²) in [4.78, 5) is 2.50. The summed E-state index contributed by atoms with van der Waals surface area (Å²) in [5.74, 6) is 0. The number of benzene rings is 1. The molecule has 0 atom stereocenters. The van der Waals surface area contributed by atoms with Crippen molar-refractivity contribution in [1.82, 2.24) is 5.32 Å². The predicted molar refractivity (Wildman–Crippen MR) is 89.9 cm³/mol. The first-order valence-corrected chi connectivity index (χ1v) is 8.29. The predicted octanol–water partition coefficient (Wildman–Crippen LogP) is 3.58. The molecule has 0 spiro atoms. The molecule has 21 heavy (non-hydrogen) atoms. The Balaban J connectivity index is 2.19. The van der Waals surface area contributed by atoms with Crippen molar-refractivity contribution in [2.45, 2.75) is 58.7 Å². The van der Waals surface area contributed by atoms with Crippen LogP contribution in [0.25, 0.3) is 0 Å². The van der Waals surface area contributed by atoms with Gasteiger partial charge in [0.05, 0.1) is 12.7 Å². The number of para-hydroxylation sites is 1. The maximum absolute atomic E-state index is 5.77. The van der Waals surface area contributed by atoms with Gasteiger partial charge in [-0.2, -0.15) is 0 Å². The van der Waals surface area contributed by atoms with E-state index < -0.39 is 0 Å². The van der Waals surface area contributed by atoms with Crippen molar-refractivity contribution >= 4 is 5.69 Å². The Bertz CT molecular complexity index is 441. The number of anilines is 1. The van der Waals surface area contributed by atoms with Gasteiger partial charge in [-0.1, -0.05) is 32.0 Å². The molecule has 1 heterocycles. The molecule has 0 fully saturated rings. The molecule has 0 saturated carbocycles. The van der Waals surface area contributed by atoms with Crippen LogP contribution in [0.3, 0.4) is 0 Å². The van der Waals surface area contributed by atoms with Crippen molar-refractivity contribution in [2.24, 2.45) is 0 Å². The third kappa shape index (κ3) is 3.98. The summed E-state index contributed by atoms with van der Waals surface area (Å²) in [7, 11) is 0. The molecule has 1 aromatic rings. The van der Waals surface area contributed by atoms with Crippen molar-refractivity contribution in [3.63, 3.8) is 0 Å². The lowest BCUT2D eigenvalue weighted by Crippen LogP contribution is -2.51. The van der Waals surface area contributed by atoms with Crippen LogP contribution in [0.4, 0.5) is 5.69 Å². The van der Waals surface area contributed by atoms with Crippen LogP contribution >= 0.6 is 0 Å². The standard InChI is InChI=1S/C18H30N2O/c1-5-18(6-2)14-20(11-12-21-15(3)4)17-10-8-7-9-16(17)13-19-18/h7-10,15,19H,5-6,11-14H2,1-4H3. The second kappa shape index (κ2) is 7.28. The lowest BCUT2D eigenvalue weighted by molar-refractivity contribution is 0.0833. The molecule has 0 aromatic heterocycles. The Morgan fingerprint density at radius 3 is 2.62 bits per heavy atom. The summed E-state index contributed by atoms with van der Waals surface area (Å²) in [5, 5.41) is 3.80. The molecule has 0 aliphatic carbocycles. The molecule has 0 saturated heterocycles. The third-order valence-electron chi connectivity index (χ3n) is 4.65. The van der Waals surface area contributed by atoms with Gasteiger partial charge in [0.25, 0.3) is 0 Å². The largest absolute Gasteiger partial charge is 0.377 e. The fourth-order valence-electron chi connectivity index (χ4n) is 3.08. The van der Waals surface area contributed by atoms with Crippen LogP contribution in [-0.2, 0) is 11.3 Å². The number of ether oxygens (including phenoxy) is 1. The summed E-state index contributed by atoms with van der Waals surface area (Å²) in [6.07, 6.45) is 2.60. The Labute approximate surface area is 129 Å². The second-order valence-electron chi connectivity index (χ2n) is 6.31. The van der Waals surface area contributed by atoms with Crippen LogP contribution in [-0.4, -0.2) is 31.3 Å². The van der Waals surface area contributed by atoms with Crippen LogP contribution in [0.5, 0.6) is 0 Å². The van der Waals surface area contributed by atoms with Gasteiger partial charge in [-0.05, 0) is 38.3 Å². The molecule has 0 unspecified atom stereocenters. The van der Waals surface area contributed by atoms with Gasteiger partial charge in [-0.25, -0.2) is 0 Å². The Morgan fingerprint density at radius 2 is 1.95 bits per heavy atom. The zero-order valence-electron chi connectivity index (χ0n) is 14.0. The zero-order valence-corrected chi connectivity index (χ0v) is 14.0. The summed E-state index contributed by atoms with van der Waals surface area (Å²) in [5.41, 5.74) is 2.96. The van der Waals surface area contributed by atoms with E-state index in [9.17, 15) is 0 Å². The molecule has 1 aromatic carbocycles. The molecule has 0 radical (unpaired) electrons. The highest BCUT2D eigenvalue weighted by Crippen LogP contribution is 2.29. The minimum absolute atomic E-state index is 0.205. The Kier molecular flexibility index (Phi) is 5.65. The molecule has 0 bridgehead atoms. The van der Waals surface area contributed by atoms with E-state index in [0.29, 0.717) is 6.10 Å². The Hall–Kier alpha value is -1.06. The lowest BCUT2D eigenvalue weighted by Gasteiger charge is -2.36. The molecule has 1 aliphatic heterocycles. The fourth-order valence-corrected chi connectivity index (χ4v) is 3.08. The Morgan fingerprint density at radius 1 is 1.24 bits per heavy atom. The van der Waals surface area contributed by atoms with Crippen molar-refractivity contribution in [2.75, 3.05) is 24.6 Å². The van der Waals surface area contributed by atoms with Gasteiger partial charge >= 0.3 is 0 Å². The van der Waals surface area contributed by atoms with Gasteiger partial charge in [0.15, 0.2) is 0 Å². The van der Waals surface area contributed by atoms with Crippen molar-refractivity contribution < 1.29 is 4.74 Å². The van der Waals surface area contributed by atoms with Gasteiger partial charge in [-0.3, -0.25) is 0 Å². The van der Waals surface area contributed by atoms with Crippen LogP contribution in [0.15, 0.2) is 24.3 Å². The monoisotopic (exact) mass is 290 g/mol. The fraction of sp³-hybridized carbons (Fsp3) is 0.667. The summed E-state index contributed by atoms with van der Waals surface area (Å²) in [6.45, 7) is 12.5. The number of rotatable bonds is 6. The van der Waals surface area contributed by atoms with Crippen LogP contribution in [0.2, 0.25) is 0 Å². The van der Waals surface area contributed by atoms with E-state index in [0.717, 1.165) is 39.1 Å². The van der Waals surface area contributed by atoms with Crippen molar-refractivity contribution in [1.29, 1.82) is 0 Å². The first-order chi connectivity index (χ1) is 10.1. The lowest BCUT2D eigenvalue weighted by atomic mass is 9.92. The SMILES string of the molecule is CCC1(CC)CN(CCOC(C)C)c2ccccc2CN1. The first kappa shape index (κ1) is 16.3. The molecule has 3 nitrogen and oxygen atoms in total. The highest BCUT2D eigenvalue weighted by molar-refractivity contribution is 5.55. The molecule has 2 rings (SSSR count). The maximum Gasteiger partial charge on any atom is 0.0645 e. The van der Waals surface area contributed by atoms with Crippen molar-refractivity contribution in [3.8, 4) is 0 Å². The molecule has 118 valence electrons. The van der Waals surface area contributed by atoms with E-state index in [1.165, 1.54) is 11.3 Å². The van der Waals surface area contributed by atoms with Gasteiger partial charge in [-0.15, -0.1) is 0 Å². The van der Waals surface area contributed by atoms with E-state index in [1.54, 1.807) is 0 Å². The number of hydrogen-bond donors (Lipinski definition) is 1. The quantitative estimate of drug-likeness (QED) is 0.866. The third-order valence-corrected chi connectivity index (χ3v) is 4.65. The molecular weight excluding hydrogens is 260 g/mol. The summed E-state index contributed by atoms with van der Waals surface area (Å²) < 4.78 is 5.77. The van der Waals surface area contributed by atoms with E-state index in [4.69, 9.17) is 4.74 Å². The maximum atomic E-state index is 5.77. The number of hydrogen-bond acceptors (Lipinski definition) is 3. The van der Waals surface area contributed by atoms with Gasteiger partial charge in [0, 0.05) is 30.9 Å². The van der Waals surface area contributed by atoms with E-state index in [1.807, 2.05) is 0 Å². The minimum atomic E-state index is 0.205. The van der Waals surface area contributed by atoms with Crippen LogP contribution in [0.1, 0.15) is 46.1 Å². The average Bonchev–Trinajstić information content (AvgIpc) is 2.65. The molecule has 3 heteroatoms. The number of nitrogens with zero attached hydrogens (tertiary/aromatic N) is 1. The highest BCUT2D eigenvalue weighted by Gasteiger charge is 2.31. The molecule has 1 aliphatic rings.